The second-order valence-electron chi connectivity index (χ2n) is 7.62. The van der Waals surface area contributed by atoms with Gasteiger partial charge in [-0.25, -0.2) is 0 Å². The van der Waals surface area contributed by atoms with Gasteiger partial charge in [0.15, 0.2) is 0 Å². The van der Waals surface area contributed by atoms with E-state index in [1.165, 1.54) is 52.8 Å². The molecule has 0 amide bonds. The van der Waals surface area contributed by atoms with Gasteiger partial charge in [0.1, 0.15) is 5.75 Å². The Balaban J connectivity index is 1.53. The van der Waals surface area contributed by atoms with Gasteiger partial charge in [-0.05, 0) is 89.9 Å². The molecule has 3 heteroatoms. The Hall–Kier alpha value is -3.12. The van der Waals surface area contributed by atoms with Crippen LogP contribution in [0.1, 0.15) is 47.6 Å². The number of unbranched alkanes of at least 4 members (excludes halogenated alkanes) is 1. The summed E-state index contributed by atoms with van der Waals surface area (Å²) in [6.07, 6.45) is 5.69. The van der Waals surface area contributed by atoms with Crippen molar-refractivity contribution in [1.29, 1.82) is 0 Å². The minimum absolute atomic E-state index is 0.140. The largest absolute Gasteiger partial charge is 0.435 e. The average molecular weight is 402 g/mol. The summed E-state index contributed by atoms with van der Waals surface area (Å²) in [6, 6.07) is 19.7. The van der Waals surface area contributed by atoms with Crippen LogP contribution in [-0.4, -0.2) is 6.61 Å². The lowest BCUT2D eigenvalue weighted by molar-refractivity contribution is -0.0498. The van der Waals surface area contributed by atoms with Crippen molar-refractivity contribution in [2.45, 2.75) is 45.6 Å². The van der Waals surface area contributed by atoms with Crippen molar-refractivity contribution >= 4 is 0 Å². The van der Waals surface area contributed by atoms with Crippen molar-refractivity contribution in [1.82, 2.24) is 0 Å². The quantitative estimate of drug-likeness (QED) is 0.427. The molecule has 1 nitrogen and oxygen atoms in total. The van der Waals surface area contributed by atoms with Crippen molar-refractivity contribution in [2.24, 2.45) is 0 Å². The maximum atomic E-state index is 12.2. The zero-order valence-electron chi connectivity index (χ0n) is 17.1. The zero-order valence-corrected chi connectivity index (χ0v) is 17.1. The van der Waals surface area contributed by atoms with Crippen molar-refractivity contribution in [3.8, 4) is 28.7 Å². The second kappa shape index (κ2) is 9.13. The fourth-order valence-electron chi connectivity index (χ4n) is 3.93. The second-order valence-corrected chi connectivity index (χ2v) is 7.62. The molecule has 0 radical (unpaired) electrons. The molecule has 0 saturated carbocycles. The summed E-state index contributed by atoms with van der Waals surface area (Å²) in [5.74, 6) is 6.43. The van der Waals surface area contributed by atoms with Gasteiger partial charge in [-0.1, -0.05) is 49.5 Å². The minimum atomic E-state index is -2.81. The number of hydrogen-bond acceptors (Lipinski definition) is 1. The standard InChI is InChI=1S/C27H24F2O/c1-2-3-4-20-9-15-25-22(17-20)11-12-23-18-21(10-16-26(23)25)6-5-19-7-13-24(14-8-19)30-27(28)29/h7-10,13-18,27H,2-4,11-12H2,1H3. The Morgan fingerprint density at radius 2 is 1.47 bits per heavy atom. The molecule has 0 aliphatic heterocycles. The van der Waals surface area contributed by atoms with E-state index in [0.29, 0.717) is 0 Å². The zero-order chi connectivity index (χ0) is 20.9. The lowest BCUT2D eigenvalue weighted by Crippen LogP contribution is -2.05. The molecule has 30 heavy (non-hydrogen) atoms. The van der Waals surface area contributed by atoms with Crippen LogP contribution >= 0.6 is 0 Å². The number of halogens is 2. The highest BCUT2D eigenvalue weighted by Gasteiger charge is 2.16. The molecule has 0 fully saturated rings. The molecule has 1 aliphatic rings. The van der Waals surface area contributed by atoms with Crippen LogP contribution in [-0.2, 0) is 19.3 Å². The average Bonchev–Trinajstić information content (AvgIpc) is 2.76. The van der Waals surface area contributed by atoms with Gasteiger partial charge in [-0.3, -0.25) is 0 Å². The Kier molecular flexibility index (Phi) is 6.14. The van der Waals surface area contributed by atoms with Crippen LogP contribution in [0.3, 0.4) is 0 Å². The van der Waals surface area contributed by atoms with Gasteiger partial charge in [-0.15, -0.1) is 0 Å². The molecule has 0 aromatic heterocycles. The molecule has 0 unspecified atom stereocenters. The Bertz CT molecular complexity index is 1090. The maximum absolute atomic E-state index is 12.2. The number of rotatable bonds is 5. The number of alkyl halides is 2. The van der Waals surface area contributed by atoms with Gasteiger partial charge in [-0.2, -0.15) is 8.78 Å². The Morgan fingerprint density at radius 3 is 2.17 bits per heavy atom. The fourth-order valence-corrected chi connectivity index (χ4v) is 3.93. The lowest BCUT2D eigenvalue weighted by Gasteiger charge is -2.21. The first-order chi connectivity index (χ1) is 14.6. The van der Waals surface area contributed by atoms with Crippen molar-refractivity contribution in [2.75, 3.05) is 0 Å². The van der Waals surface area contributed by atoms with E-state index in [2.05, 4.69) is 59.9 Å². The molecule has 152 valence electrons. The predicted octanol–water partition coefficient (Wildman–Crippen LogP) is 6.80. The first kappa shape index (κ1) is 20.2. The van der Waals surface area contributed by atoms with Crippen LogP contribution in [0.4, 0.5) is 8.78 Å². The van der Waals surface area contributed by atoms with Crippen LogP contribution in [0.25, 0.3) is 11.1 Å². The van der Waals surface area contributed by atoms with E-state index in [1.54, 1.807) is 12.1 Å². The topological polar surface area (TPSA) is 9.23 Å². The molecular formula is C27H24F2O. The summed E-state index contributed by atoms with van der Waals surface area (Å²) in [4.78, 5) is 0. The fraction of sp³-hybridized carbons (Fsp3) is 0.259. The first-order valence-corrected chi connectivity index (χ1v) is 10.4. The van der Waals surface area contributed by atoms with Crippen molar-refractivity contribution in [3.05, 3.63) is 88.5 Å². The third-order valence-electron chi connectivity index (χ3n) is 5.48. The predicted molar refractivity (Wildman–Crippen MR) is 117 cm³/mol. The van der Waals surface area contributed by atoms with Crippen molar-refractivity contribution < 1.29 is 13.5 Å². The van der Waals surface area contributed by atoms with E-state index in [0.717, 1.165) is 30.4 Å². The number of ether oxygens (including phenoxy) is 1. The summed E-state index contributed by atoms with van der Waals surface area (Å²) < 4.78 is 28.8. The SMILES string of the molecule is CCCCc1ccc2c(c1)CCc1cc(C#Cc3ccc(OC(F)F)cc3)ccc1-2. The Morgan fingerprint density at radius 1 is 0.833 bits per heavy atom. The third kappa shape index (κ3) is 4.71. The summed E-state index contributed by atoms with van der Waals surface area (Å²) in [6.45, 7) is -0.586. The molecule has 0 heterocycles. The molecule has 1 aliphatic carbocycles. The smallest absolute Gasteiger partial charge is 0.387 e. The molecule has 3 aromatic carbocycles. The van der Waals surface area contributed by atoms with Gasteiger partial charge in [0, 0.05) is 11.1 Å². The summed E-state index contributed by atoms with van der Waals surface area (Å²) in [5.41, 5.74) is 8.58. The number of fused-ring (bicyclic) bond motifs is 3. The van der Waals surface area contributed by atoms with E-state index >= 15 is 0 Å². The number of benzene rings is 3. The number of hydrogen-bond donors (Lipinski definition) is 0. The molecule has 0 saturated heterocycles. The van der Waals surface area contributed by atoms with Gasteiger partial charge in [0.2, 0.25) is 0 Å². The summed E-state index contributed by atoms with van der Waals surface area (Å²) >= 11 is 0. The van der Waals surface area contributed by atoms with Crippen LogP contribution < -0.4 is 4.74 Å². The monoisotopic (exact) mass is 402 g/mol. The van der Waals surface area contributed by atoms with Crippen molar-refractivity contribution in [3.63, 3.8) is 0 Å². The van der Waals surface area contributed by atoms with Crippen LogP contribution in [0.5, 0.6) is 5.75 Å². The van der Waals surface area contributed by atoms with Crippen LogP contribution in [0, 0.1) is 11.8 Å². The molecule has 3 aromatic rings. The normalized spacial score (nSPS) is 12.0. The summed E-state index contributed by atoms with van der Waals surface area (Å²) in [7, 11) is 0. The van der Waals surface area contributed by atoms with Gasteiger partial charge in [0.25, 0.3) is 0 Å². The highest BCUT2D eigenvalue weighted by atomic mass is 19.3. The molecule has 0 spiro atoms. The highest BCUT2D eigenvalue weighted by molar-refractivity contribution is 5.74. The minimum Gasteiger partial charge on any atom is -0.435 e. The molecular weight excluding hydrogens is 378 g/mol. The molecule has 0 N–H and O–H groups in total. The van der Waals surface area contributed by atoms with E-state index in [9.17, 15) is 8.78 Å². The van der Waals surface area contributed by atoms with Gasteiger partial charge in [0.05, 0.1) is 0 Å². The van der Waals surface area contributed by atoms with E-state index < -0.39 is 6.61 Å². The molecule has 4 rings (SSSR count). The van der Waals surface area contributed by atoms with E-state index in [4.69, 9.17) is 0 Å². The van der Waals surface area contributed by atoms with Crippen LogP contribution in [0.2, 0.25) is 0 Å². The lowest BCUT2D eigenvalue weighted by atomic mass is 9.83. The van der Waals surface area contributed by atoms with Crippen LogP contribution in [0.15, 0.2) is 60.7 Å². The first-order valence-electron chi connectivity index (χ1n) is 10.4. The Labute approximate surface area is 176 Å². The molecule has 0 atom stereocenters. The van der Waals surface area contributed by atoms with Gasteiger partial charge < -0.3 is 4.74 Å². The van der Waals surface area contributed by atoms with Gasteiger partial charge >= 0.3 is 6.61 Å². The third-order valence-corrected chi connectivity index (χ3v) is 5.48. The number of aryl methyl sites for hydroxylation is 3. The molecule has 0 bridgehead atoms. The van der Waals surface area contributed by atoms with E-state index in [1.807, 2.05) is 0 Å². The van der Waals surface area contributed by atoms with E-state index in [-0.39, 0.29) is 5.75 Å². The maximum Gasteiger partial charge on any atom is 0.387 e. The highest BCUT2D eigenvalue weighted by Crippen LogP contribution is 2.34. The summed E-state index contributed by atoms with van der Waals surface area (Å²) in [5, 5.41) is 0.